The van der Waals surface area contributed by atoms with Crippen LogP contribution in [0.5, 0.6) is 0 Å². The van der Waals surface area contributed by atoms with Crippen molar-refractivity contribution in [3.05, 3.63) is 11.8 Å². The van der Waals surface area contributed by atoms with E-state index < -0.39 is 23.0 Å². The van der Waals surface area contributed by atoms with E-state index in [1.165, 1.54) is 11.8 Å². The molecule has 0 aromatic carbocycles. The number of rotatable bonds is 2. The summed E-state index contributed by atoms with van der Waals surface area (Å²) in [7, 11) is 0. The van der Waals surface area contributed by atoms with Crippen LogP contribution >= 0.6 is 11.8 Å². The topological polar surface area (TPSA) is 37.3 Å². The Balaban J connectivity index is 2.62. The van der Waals surface area contributed by atoms with Crippen molar-refractivity contribution in [1.82, 2.24) is 0 Å². The van der Waals surface area contributed by atoms with Crippen LogP contribution < -0.4 is 0 Å². The van der Waals surface area contributed by atoms with Crippen LogP contribution in [0.1, 0.15) is 12.8 Å². The fourth-order valence-corrected chi connectivity index (χ4v) is 2.30. The minimum atomic E-state index is -4.82. The van der Waals surface area contributed by atoms with Gasteiger partial charge in [-0.15, -0.1) is 0 Å². The molecule has 6 heteroatoms. The SMILES string of the molecule is O=C(/C=C(\O)C(F)(F)F)C1CCCS1. The summed E-state index contributed by atoms with van der Waals surface area (Å²) in [4.78, 5) is 11.1. The zero-order valence-corrected chi connectivity index (χ0v) is 7.99. The van der Waals surface area contributed by atoms with Gasteiger partial charge in [-0.25, -0.2) is 0 Å². The van der Waals surface area contributed by atoms with E-state index in [-0.39, 0.29) is 6.08 Å². The maximum Gasteiger partial charge on any atom is 0.448 e. The second kappa shape index (κ2) is 4.25. The van der Waals surface area contributed by atoms with E-state index in [0.717, 1.165) is 12.2 Å². The van der Waals surface area contributed by atoms with E-state index in [2.05, 4.69) is 0 Å². The van der Waals surface area contributed by atoms with Crippen molar-refractivity contribution in [3.63, 3.8) is 0 Å². The lowest BCUT2D eigenvalue weighted by Gasteiger charge is -2.06. The smallest absolute Gasteiger partial charge is 0.448 e. The van der Waals surface area contributed by atoms with Crippen LogP contribution in [0.4, 0.5) is 13.2 Å². The summed E-state index contributed by atoms with van der Waals surface area (Å²) in [5, 5.41) is 8.11. The molecule has 14 heavy (non-hydrogen) atoms. The van der Waals surface area contributed by atoms with Gasteiger partial charge in [0, 0.05) is 6.08 Å². The molecule has 0 aromatic rings. The highest BCUT2D eigenvalue weighted by atomic mass is 32.2. The Kier molecular flexibility index (Phi) is 3.47. The molecule has 1 aliphatic rings. The molecule has 1 N–H and O–H groups in total. The van der Waals surface area contributed by atoms with Gasteiger partial charge in [0.25, 0.3) is 0 Å². The van der Waals surface area contributed by atoms with Crippen molar-refractivity contribution in [2.75, 3.05) is 5.75 Å². The predicted molar refractivity (Wildman–Crippen MR) is 47.3 cm³/mol. The van der Waals surface area contributed by atoms with Gasteiger partial charge < -0.3 is 5.11 Å². The lowest BCUT2D eigenvalue weighted by atomic mass is 10.1. The minimum Gasteiger partial charge on any atom is -0.504 e. The number of alkyl halides is 3. The van der Waals surface area contributed by atoms with Crippen LogP contribution in [0.3, 0.4) is 0 Å². The molecule has 0 radical (unpaired) electrons. The average molecular weight is 226 g/mol. The van der Waals surface area contributed by atoms with Gasteiger partial charge >= 0.3 is 6.18 Å². The third-order valence-corrected chi connectivity index (χ3v) is 3.21. The molecule has 1 fully saturated rings. The van der Waals surface area contributed by atoms with Crippen molar-refractivity contribution in [2.24, 2.45) is 0 Å². The number of carbonyl (C=O) groups is 1. The molecule has 0 saturated carbocycles. The highest BCUT2D eigenvalue weighted by molar-refractivity contribution is 8.00. The molecular formula is C8H9F3O2S. The van der Waals surface area contributed by atoms with E-state index in [1.807, 2.05) is 0 Å². The lowest BCUT2D eigenvalue weighted by molar-refractivity contribution is -0.125. The Bertz CT molecular complexity index is 254. The van der Waals surface area contributed by atoms with E-state index >= 15 is 0 Å². The van der Waals surface area contributed by atoms with Gasteiger partial charge in [0.2, 0.25) is 5.76 Å². The molecule has 0 bridgehead atoms. The van der Waals surface area contributed by atoms with Crippen molar-refractivity contribution in [3.8, 4) is 0 Å². The summed E-state index contributed by atoms with van der Waals surface area (Å²) in [6.45, 7) is 0. The molecule has 0 aromatic heterocycles. The standard InChI is InChI=1S/C8H9F3O2S/c9-8(10,11)7(13)4-5(12)6-2-1-3-14-6/h4,6,13H,1-3H2/b7-4-. The summed E-state index contributed by atoms with van der Waals surface area (Å²) >= 11 is 1.33. The van der Waals surface area contributed by atoms with Crippen LogP contribution in [0.15, 0.2) is 11.8 Å². The third kappa shape index (κ3) is 2.94. The summed E-state index contributed by atoms with van der Waals surface area (Å²) < 4.78 is 35.5. The third-order valence-electron chi connectivity index (χ3n) is 1.82. The number of thioether (sulfide) groups is 1. The zero-order valence-electron chi connectivity index (χ0n) is 7.17. The first-order valence-electron chi connectivity index (χ1n) is 4.04. The first-order chi connectivity index (χ1) is 6.41. The second-order valence-electron chi connectivity index (χ2n) is 2.93. The van der Waals surface area contributed by atoms with Crippen LogP contribution in [0, 0.1) is 0 Å². The number of halogens is 3. The Morgan fingerprint density at radius 1 is 1.50 bits per heavy atom. The summed E-state index contributed by atoms with van der Waals surface area (Å²) in [6.07, 6.45) is -3.12. The molecule has 0 spiro atoms. The predicted octanol–water partition coefficient (Wildman–Crippen LogP) is 2.46. The van der Waals surface area contributed by atoms with Crippen LogP contribution in [-0.4, -0.2) is 28.1 Å². The van der Waals surface area contributed by atoms with Gasteiger partial charge in [0.15, 0.2) is 5.78 Å². The first kappa shape index (κ1) is 11.4. The van der Waals surface area contributed by atoms with Crippen LogP contribution in [-0.2, 0) is 4.79 Å². The lowest BCUT2D eigenvalue weighted by Crippen LogP contribution is -2.17. The number of ketones is 1. The van der Waals surface area contributed by atoms with Crippen molar-refractivity contribution in [1.29, 1.82) is 0 Å². The first-order valence-corrected chi connectivity index (χ1v) is 5.09. The fraction of sp³-hybridized carbons (Fsp3) is 0.625. The fourth-order valence-electron chi connectivity index (χ4n) is 1.11. The van der Waals surface area contributed by atoms with Gasteiger partial charge in [-0.3, -0.25) is 4.79 Å². The van der Waals surface area contributed by atoms with Crippen molar-refractivity contribution >= 4 is 17.5 Å². The van der Waals surface area contributed by atoms with E-state index in [0.29, 0.717) is 6.42 Å². The van der Waals surface area contributed by atoms with Gasteiger partial charge in [0.05, 0.1) is 5.25 Å². The van der Waals surface area contributed by atoms with Crippen LogP contribution in [0.2, 0.25) is 0 Å². The highest BCUT2D eigenvalue weighted by Gasteiger charge is 2.35. The second-order valence-corrected chi connectivity index (χ2v) is 4.24. The Morgan fingerprint density at radius 2 is 2.14 bits per heavy atom. The molecule has 1 unspecified atom stereocenters. The quantitative estimate of drug-likeness (QED) is 0.580. The summed E-state index contributed by atoms with van der Waals surface area (Å²) in [5.41, 5.74) is 0. The Morgan fingerprint density at radius 3 is 2.57 bits per heavy atom. The average Bonchev–Trinajstić information content (AvgIpc) is 2.53. The van der Waals surface area contributed by atoms with Gasteiger partial charge in [-0.1, -0.05) is 0 Å². The molecule has 1 rings (SSSR count). The minimum absolute atomic E-state index is 0.281. The maximum atomic E-state index is 11.8. The van der Waals surface area contributed by atoms with E-state index in [4.69, 9.17) is 5.11 Å². The molecule has 0 aliphatic carbocycles. The number of aliphatic hydroxyl groups is 1. The molecule has 1 aliphatic heterocycles. The highest BCUT2D eigenvalue weighted by Crippen LogP contribution is 2.29. The van der Waals surface area contributed by atoms with Crippen molar-refractivity contribution in [2.45, 2.75) is 24.3 Å². The van der Waals surface area contributed by atoms with Crippen molar-refractivity contribution < 1.29 is 23.1 Å². The van der Waals surface area contributed by atoms with E-state index in [9.17, 15) is 18.0 Å². The molecule has 80 valence electrons. The molecule has 1 atom stereocenters. The van der Waals surface area contributed by atoms with Crippen LogP contribution in [0.25, 0.3) is 0 Å². The monoisotopic (exact) mass is 226 g/mol. The van der Waals surface area contributed by atoms with Gasteiger partial charge in [-0.2, -0.15) is 24.9 Å². The maximum absolute atomic E-state index is 11.8. The zero-order chi connectivity index (χ0) is 10.8. The Labute approximate surface area is 83.2 Å². The number of allylic oxidation sites excluding steroid dienone is 2. The Hall–Kier alpha value is -0.650. The normalized spacial score (nSPS) is 23.9. The molecule has 2 nitrogen and oxygen atoms in total. The number of hydrogen-bond acceptors (Lipinski definition) is 3. The summed E-state index contributed by atoms with van der Waals surface area (Å²) in [5.74, 6) is -1.67. The molecule has 0 amide bonds. The van der Waals surface area contributed by atoms with E-state index in [1.54, 1.807) is 0 Å². The molecule has 1 saturated heterocycles. The molecular weight excluding hydrogens is 217 g/mol. The van der Waals surface area contributed by atoms with Gasteiger partial charge in [-0.05, 0) is 18.6 Å². The van der Waals surface area contributed by atoms with Gasteiger partial charge in [0.1, 0.15) is 0 Å². The molecule has 1 heterocycles. The number of hydrogen-bond donors (Lipinski definition) is 1. The number of aliphatic hydroxyl groups excluding tert-OH is 1. The number of carbonyl (C=O) groups excluding carboxylic acids is 1. The largest absolute Gasteiger partial charge is 0.504 e. The summed E-state index contributed by atoms with van der Waals surface area (Å²) in [6, 6.07) is 0.